The van der Waals surface area contributed by atoms with Gasteiger partial charge in [-0.3, -0.25) is 9.89 Å². The maximum Gasteiger partial charge on any atom is 0.256 e. The number of carbonyl (C=O) groups is 1. The van der Waals surface area contributed by atoms with E-state index in [4.69, 9.17) is 0 Å². The molecular weight excluding hydrogens is 238 g/mol. The normalized spacial score (nSPS) is 10.6. The van der Waals surface area contributed by atoms with Gasteiger partial charge in [0.25, 0.3) is 5.91 Å². The van der Waals surface area contributed by atoms with Gasteiger partial charge in [0.2, 0.25) is 0 Å². The fraction of sp³-hybridized carbons (Fsp3) is 0.0667. The van der Waals surface area contributed by atoms with Crippen molar-refractivity contribution in [2.75, 3.05) is 5.32 Å². The van der Waals surface area contributed by atoms with Gasteiger partial charge in [0.1, 0.15) is 0 Å². The number of nitrogens with one attached hydrogen (secondary N) is 2. The number of anilines is 1. The number of H-pyrrole nitrogens is 1. The first-order chi connectivity index (χ1) is 9.24. The van der Waals surface area contributed by atoms with Gasteiger partial charge in [0.15, 0.2) is 5.82 Å². The molecule has 0 fully saturated rings. The second-order valence-corrected chi connectivity index (χ2v) is 4.44. The second-order valence-electron chi connectivity index (χ2n) is 4.44. The molecule has 1 heterocycles. The number of amides is 1. The largest absolute Gasteiger partial charge is 0.305 e. The van der Waals surface area contributed by atoms with Crippen LogP contribution in [0.5, 0.6) is 0 Å². The molecule has 3 aromatic rings. The molecule has 19 heavy (non-hydrogen) atoms. The SMILES string of the molecule is Cc1ccc(C(=O)Nc2n[nH]c3ccccc23)cc1. The number of hydrogen-bond donors (Lipinski definition) is 2. The van der Waals surface area contributed by atoms with Crippen molar-refractivity contribution < 1.29 is 4.79 Å². The minimum absolute atomic E-state index is 0.155. The van der Waals surface area contributed by atoms with Crippen molar-refractivity contribution in [2.45, 2.75) is 6.92 Å². The fourth-order valence-corrected chi connectivity index (χ4v) is 1.94. The Morgan fingerprint density at radius 3 is 2.63 bits per heavy atom. The molecule has 0 spiro atoms. The van der Waals surface area contributed by atoms with Crippen LogP contribution in [-0.2, 0) is 0 Å². The van der Waals surface area contributed by atoms with Gasteiger partial charge in [0.05, 0.1) is 5.52 Å². The highest BCUT2D eigenvalue weighted by atomic mass is 16.1. The third kappa shape index (κ3) is 2.20. The van der Waals surface area contributed by atoms with E-state index in [1.165, 1.54) is 0 Å². The van der Waals surface area contributed by atoms with Crippen molar-refractivity contribution in [1.82, 2.24) is 10.2 Å². The molecule has 1 aromatic heterocycles. The summed E-state index contributed by atoms with van der Waals surface area (Å²) in [6.45, 7) is 1.99. The van der Waals surface area contributed by atoms with Gasteiger partial charge >= 0.3 is 0 Å². The summed E-state index contributed by atoms with van der Waals surface area (Å²) >= 11 is 0. The molecule has 0 aliphatic heterocycles. The number of aromatic nitrogens is 2. The Morgan fingerprint density at radius 1 is 1.11 bits per heavy atom. The summed E-state index contributed by atoms with van der Waals surface area (Å²) < 4.78 is 0. The first-order valence-electron chi connectivity index (χ1n) is 6.05. The molecule has 4 nitrogen and oxygen atoms in total. The number of carbonyl (C=O) groups excluding carboxylic acids is 1. The van der Waals surface area contributed by atoms with E-state index < -0.39 is 0 Å². The molecule has 0 atom stereocenters. The van der Waals surface area contributed by atoms with Gasteiger partial charge in [-0.1, -0.05) is 29.8 Å². The number of para-hydroxylation sites is 1. The fourth-order valence-electron chi connectivity index (χ4n) is 1.94. The summed E-state index contributed by atoms with van der Waals surface area (Å²) in [7, 11) is 0. The van der Waals surface area contributed by atoms with Gasteiger partial charge in [-0.15, -0.1) is 0 Å². The van der Waals surface area contributed by atoms with Crippen LogP contribution in [0.3, 0.4) is 0 Å². The Balaban J connectivity index is 1.89. The first kappa shape index (κ1) is 11.5. The molecule has 2 N–H and O–H groups in total. The van der Waals surface area contributed by atoms with Crippen LogP contribution in [0.15, 0.2) is 48.5 Å². The molecule has 94 valence electrons. The summed E-state index contributed by atoms with van der Waals surface area (Å²) in [6.07, 6.45) is 0. The van der Waals surface area contributed by atoms with Crippen molar-refractivity contribution in [3.05, 3.63) is 59.7 Å². The molecule has 3 rings (SSSR count). The minimum Gasteiger partial charge on any atom is -0.305 e. The lowest BCUT2D eigenvalue weighted by Crippen LogP contribution is -2.12. The maximum atomic E-state index is 12.1. The molecule has 0 saturated heterocycles. The smallest absolute Gasteiger partial charge is 0.256 e. The highest BCUT2D eigenvalue weighted by molar-refractivity contribution is 6.07. The zero-order chi connectivity index (χ0) is 13.2. The lowest BCUT2D eigenvalue weighted by atomic mass is 10.1. The number of benzene rings is 2. The number of fused-ring (bicyclic) bond motifs is 1. The van der Waals surface area contributed by atoms with E-state index in [2.05, 4.69) is 15.5 Å². The van der Waals surface area contributed by atoms with Crippen LogP contribution in [0.2, 0.25) is 0 Å². The van der Waals surface area contributed by atoms with Gasteiger partial charge in [-0.25, -0.2) is 0 Å². The average molecular weight is 251 g/mol. The third-order valence-electron chi connectivity index (χ3n) is 3.02. The van der Waals surface area contributed by atoms with Crippen LogP contribution in [0, 0.1) is 6.92 Å². The lowest BCUT2D eigenvalue weighted by molar-refractivity contribution is 0.102. The van der Waals surface area contributed by atoms with Crippen molar-refractivity contribution in [1.29, 1.82) is 0 Å². The van der Waals surface area contributed by atoms with Crippen LogP contribution < -0.4 is 5.32 Å². The monoisotopic (exact) mass is 251 g/mol. The van der Waals surface area contributed by atoms with Crippen LogP contribution in [-0.4, -0.2) is 16.1 Å². The van der Waals surface area contributed by atoms with Crippen LogP contribution in [0.4, 0.5) is 5.82 Å². The predicted octanol–water partition coefficient (Wildman–Crippen LogP) is 3.12. The van der Waals surface area contributed by atoms with E-state index in [1.807, 2.05) is 43.3 Å². The van der Waals surface area contributed by atoms with E-state index in [9.17, 15) is 4.79 Å². The van der Waals surface area contributed by atoms with Gasteiger partial charge in [-0.05, 0) is 31.2 Å². The standard InChI is InChI=1S/C15H13N3O/c1-10-6-8-11(9-7-10)15(19)16-14-12-4-2-3-5-13(12)17-18-14/h2-9H,1H3,(H2,16,17,18,19). The second kappa shape index (κ2) is 4.57. The van der Waals surface area contributed by atoms with Gasteiger partial charge in [-0.2, -0.15) is 5.10 Å². The molecule has 0 aliphatic carbocycles. The lowest BCUT2D eigenvalue weighted by Gasteiger charge is -2.03. The summed E-state index contributed by atoms with van der Waals surface area (Å²) in [5, 5.41) is 10.7. The Morgan fingerprint density at radius 2 is 1.84 bits per heavy atom. The summed E-state index contributed by atoms with van der Waals surface area (Å²) in [4.78, 5) is 12.1. The first-order valence-corrected chi connectivity index (χ1v) is 6.05. The molecular formula is C15H13N3O. The third-order valence-corrected chi connectivity index (χ3v) is 3.02. The summed E-state index contributed by atoms with van der Waals surface area (Å²) in [6, 6.07) is 15.1. The van der Waals surface area contributed by atoms with Gasteiger partial charge < -0.3 is 5.32 Å². The molecule has 0 radical (unpaired) electrons. The van der Waals surface area contributed by atoms with Crippen molar-refractivity contribution >= 4 is 22.6 Å². The van der Waals surface area contributed by atoms with E-state index in [0.29, 0.717) is 11.4 Å². The molecule has 0 aliphatic rings. The van der Waals surface area contributed by atoms with Crippen molar-refractivity contribution in [2.24, 2.45) is 0 Å². The van der Waals surface area contributed by atoms with Crippen molar-refractivity contribution in [3.8, 4) is 0 Å². The zero-order valence-corrected chi connectivity index (χ0v) is 10.5. The highest BCUT2D eigenvalue weighted by Crippen LogP contribution is 2.20. The molecule has 2 aromatic carbocycles. The minimum atomic E-state index is -0.155. The predicted molar refractivity (Wildman–Crippen MR) is 75.2 cm³/mol. The van der Waals surface area contributed by atoms with Crippen LogP contribution in [0.1, 0.15) is 15.9 Å². The molecule has 0 unspecified atom stereocenters. The Hall–Kier alpha value is -2.62. The van der Waals surface area contributed by atoms with E-state index in [-0.39, 0.29) is 5.91 Å². The molecule has 0 saturated carbocycles. The number of rotatable bonds is 2. The summed E-state index contributed by atoms with van der Waals surface area (Å²) in [5.41, 5.74) is 2.65. The zero-order valence-electron chi connectivity index (χ0n) is 10.5. The van der Waals surface area contributed by atoms with Crippen LogP contribution >= 0.6 is 0 Å². The van der Waals surface area contributed by atoms with Crippen molar-refractivity contribution in [3.63, 3.8) is 0 Å². The number of aryl methyl sites for hydroxylation is 1. The number of aromatic amines is 1. The van der Waals surface area contributed by atoms with Gasteiger partial charge in [0, 0.05) is 10.9 Å². The Kier molecular flexibility index (Phi) is 2.76. The Labute approximate surface area is 110 Å². The van der Waals surface area contributed by atoms with E-state index >= 15 is 0 Å². The van der Waals surface area contributed by atoms with E-state index in [1.54, 1.807) is 12.1 Å². The molecule has 0 bridgehead atoms. The quantitative estimate of drug-likeness (QED) is 0.735. The van der Waals surface area contributed by atoms with Crippen LogP contribution in [0.25, 0.3) is 10.9 Å². The Bertz CT molecular complexity index is 728. The highest BCUT2D eigenvalue weighted by Gasteiger charge is 2.10. The summed E-state index contributed by atoms with van der Waals surface area (Å²) in [5.74, 6) is 0.401. The number of nitrogens with zero attached hydrogens (tertiary/aromatic N) is 1. The topological polar surface area (TPSA) is 57.8 Å². The average Bonchev–Trinajstić information content (AvgIpc) is 2.83. The number of hydrogen-bond acceptors (Lipinski definition) is 2. The molecule has 1 amide bonds. The van der Waals surface area contributed by atoms with E-state index in [0.717, 1.165) is 16.5 Å². The maximum absolute atomic E-state index is 12.1. The molecule has 4 heteroatoms.